The summed E-state index contributed by atoms with van der Waals surface area (Å²) in [6.45, 7) is 23.2. The fourth-order valence-corrected chi connectivity index (χ4v) is 9.47. The summed E-state index contributed by atoms with van der Waals surface area (Å²) >= 11 is 0. The number of hydrogen-bond acceptors (Lipinski definition) is 9. The van der Waals surface area contributed by atoms with Crippen molar-refractivity contribution in [3.05, 3.63) is 92.6 Å². The number of amides is 3. The molecule has 1 fully saturated rings. The van der Waals surface area contributed by atoms with Crippen molar-refractivity contribution in [2.45, 2.75) is 139 Å². The molecular formula is C54H66N2O9. The fourth-order valence-electron chi connectivity index (χ4n) is 9.47. The van der Waals surface area contributed by atoms with E-state index in [1.165, 1.54) is 0 Å². The van der Waals surface area contributed by atoms with E-state index in [-0.39, 0.29) is 48.4 Å². The number of benzene rings is 2. The number of allylic oxidation sites excluding steroid dienone is 5. The molecule has 11 heteroatoms. The summed E-state index contributed by atoms with van der Waals surface area (Å²) in [7, 11) is 3.20. The Balaban J connectivity index is 0.000000244. The normalized spacial score (nSPS) is 21.0. The fraction of sp³-hybridized carbons (Fsp3) is 0.500. The summed E-state index contributed by atoms with van der Waals surface area (Å²) in [5, 5.41) is 0. The molecule has 11 nitrogen and oxygen atoms in total. The second-order valence-corrected chi connectivity index (χ2v) is 19.8. The number of ether oxygens (including phenoxy) is 4. The summed E-state index contributed by atoms with van der Waals surface area (Å²) in [6, 6.07) is 8.02. The summed E-state index contributed by atoms with van der Waals surface area (Å²) in [4.78, 5) is 67.4. The van der Waals surface area contributed by atoms with Gasteiger partial charge in [0, 0.05) is 67.9 Å². The van der Waals surface area contributed by atoms with Crippen LogP contribution in [0.4, 0.5) is 9.59 Å². The number of imide groups is 1. The molecule has 0 radical (unpaired) electrons. The number of likely N-dealkylation sites (tertiary alicyclic amines) is 1. The number of hydrogen-bond donors (Lipinski definition) is 0. The van der Waals surface area contributed by atoms with Gasteiger partial charge in [-0.15, -0.1) is 11.8 Å². The topological polar surface area (TPSA) is 129 Å². The Kier molecular flexibility index (Phi) is 15.0. The van der Waals surface area contributed by atoms with Gasteiger partial charge in [0.05, 0.1) is 25.4 Å². The van der Waals surface area contributed by atoms with Crippen LogP contribution in [-0.4, -0.2) is 78.0 Å². The molecule has 2 spiro atoms. The molecule has 4 aliphatic rings. The van der Waals surface area contributed by atoms with Gasteiger partial charge in [-0.2, -0.15) is 0 Å². The third kappa shape index (κ3) is 11.6. The number of Topliss-reactive ketones (excluding diaryl/α,β-unsaturated/α-hetero) is 2. The van der Waals surface area contributed by atoms with Gasteiger partial charge < -0.3 is 18.9 Å². The Morgan fingerprint density at radius 2 is 1.08 bits per heavy atom. The quantitative estimate of drug-likeness (QED) is 0.276. The number of carbonyl (C=O) groups is 5. The maximum atomic E-state index is 13.5. The van der Waals surface area contributed by atoms with Gasteiger partial charge in [-0.1, -0.05) is 17.9 Å². The van der Waals surface area contributed by atoms with Crippen LogP contribution in [0.2, 0.25) is 0 Å². The highest BCUT2D eigenvalue weighted by molar-refractivity contribution is 6.24. The van der Waals surface area contributed by atoms with E-state index in [1.54, 1.807) is 53.0 Å². The Bertz CT molecular complexity index is 2460. The zero-order chi connectivity index (χ0) is 48.2. The lowest BCUT2D eigenvalue weighted by Gasteiger charge is -2.43. The Labute approximate surface area is 386 Å². The van der Waals surface area contributed by atoms with Crippen LogP contribution in [-0.2, 0) is 33.3 Å². The smallest absolute Gasteiger partial charge is 0.417 e. The lowest BCUT2D eigenvalue weighted by Crippen LogP contribution is -2.50. The van der Waals surface area contributed by atoms with E-state index < -0.39 is 22.7 Å². The molecule has 1 saturated heterocycles. The molecule has 2 unspecified atom stereocenters. The van der Waals surface area contributed by atoms with Crippen LogP contribution in [0.15, 0.2) is 48.1 Å². The van der Waals surface area contributed by atoms with Crippen LogP contribution in [0.3, 0.4) is 0 Å². The average molecular weight is 887 g/mol. The van der Waals surface area contributed by atoms with E-state index >= 15 is 0 Å². The van der Waals surface area contributed by atoms with E-state index in [0.717, 1.165) is 49.4 Å². The van der Waals surface area contributed by atoms with Crippen LogP contribution < -0.4 is 0 Å². The molecule has 2 aliphatic carbocycles. The van der Waals surface area contributed by atoms with Gasteiger partial charge in [0.2, 0.25) is 5.91 Å². The van der Waals surface area contributed by atoms with Crippen molar-refractivity contribution in [1.82, 2.24) is 9.80 Å². The standard InChI is InChI=1S/C27H33NO5.C27H33NO4/c1-8-9-19-12-17(2)23(18(3)13-19)24-20(29)14-27(15-21(24)32-7)10-11-28(22(30)16-27)25(31)33-26(4,5)6;1-8-9-20-14-18(2)23(19(3)15-20)24-21(29)16-27(17-22(24)31-7)10-12-28(13-11-27)25(30)32-26(4,5)6/h12-13H,10-11,14-16H2,1-7H3;10,12,14-15H,11,13,16-17H2,1-7H3. The molecule has 3 amide bonds. The van der Waals surface area contributed by atoms with Crippen molar-refractivity contribution in [1.29, 1.82) is 0 Å². The van der Waals surface area contributed by atoms with Crippen LogP contribution in [0.25, 0.3) is 11.1 Å². The zero-order valence-corrected chi connectivity index (χ0v) is 40.9. The van der Waals surface area contributed by atoms with Crippen LogP contribution >= 0.6 is 0 Å². The first-order chi connectivity index (χ1) is 30.4. The van der Waals surface area contributed by atoms with Crippen LogP contribution in [0.5, 0.6) is 0 Å². The minimum Gasteiger partial charge on any atom is -0.500 e. The summed E-state index contributed by atoms with van der Waals surface area (Å²) in [6.07, 6.45) is 5.82. The van der Waals surface area contributed by atoms with Gasteiger partial charge in [0.15, 0.2) is 11.6 Å². The van der Waals surface area contributed by atoms with E-state index in [1.807, 2.05) is 85.7 Å². The van der Waals surface area contributed by atoms with Gasteiger partial charge in [-0.05, 0) is 159 Å². The molecule has 65 heavy (non-hydrogen) atoms. The van der Waals surface area contributed by atoms with Crippen molar-refractivity contribution < 1.29 is 42.9 Å². The lowest BCUT2D eigenvalue weighted by molar-refractivity contribution is -0.138. The lowest BCUT2D eigenvalue weighted by atomic mass is 9.66. The third-order valence-electron chi connectivity index (χ3n) is 12.2. The maximum Gasteiger partial charge on any atom is 0.417 e. The van der Waals surface area contributed by atoms with Crippen molar-refractivity contribution in [2.24, 2.45) is 10.8 Å². The van der Waals surface area contributed by atoms with E-state index in [0.29, 0.717) is 61.3 Å². The number of carbonyl (C=O) groups excluding carboxylic acids is 5. The second-order valence-electron chi connectivity index (χ2n) is 19.8. The summed E-state index contributed by atoms with van der Waals surface area (Å²) in [5.41, 5.74) is 6.81. The molecule has 2 aromatic carbocycles. The molecule has 6 rings (SSSR count). The predicted molar refractivity (Wildman–Crippen MR) is 252 cm³/mol. The Morgan fingerprint density at radius 1 is 0.615 bits per heavy atom. The van der Waals surface area contributed by atoms with Crippen LogP contribution in [0.1, 0.15) is 145 Å². The minimum atomic E-state index is -0.678. The second kappa shape index (κ2) is 19.6. The number of aryl methyl sites for hydroxylation is 4. The molecule has 2 aliphatic heterocycles. The van der Waals surface area contributed by atoms with Crippen molar-refractivity contribution in [2.75, 3.05) is 27.3 Å². The third-order valence-corrected chi connectivity index (χ3v) is 12.2. The Hall–Kier alpha value is -6.07. The molecule has 0 aromatic heterocycles. The maximum absolute atomic E-state index is 13.5. The zero-order valence-electron chi connectivity index (χ0n) is 40.9. The number of ketones is 2. The van der Waals surface area contributed by atoms with Crippen molar-refractivity contribution in [3.8, 4) is 23.7 Å². The largest absolute Gasteiger partial charge is 0.500 e. The first kappa shape index (κ1) is 49.9. The van der Waals surface area contributed by atoms with Gasteiger partial charge in [-0.25, -0.2) is 14.5 Å². The predicted octanol–water partition coefficient (Wildman–Crippen LogP) is 10.5. The van der Waals surface area contributed by atoms with Gasteiger partial charge in [0.25, 0.3) is 0 Å². The number of methoxy groups -OCH3 is 2. The number of piperidine rings is 1. The van der Waals surface area contributed by atoms with E-state index in [9.17, 15) is 24.0 Å². The molecule has 2 aromatic rings. The molecule has 0 saturated carbocycles. The summed E-state index contributed by atoms with van der Waals surface area (Å²) < 4.78 is 22.3. The first-order valence-electron chi connectivity index (χ1n) is 22.3. The van der Waals surface area contributed by atoms with E-state index in [4.69, 9.17) is 18.9 Å². The summed E-state index contributed by atoms with van der Waals surface area (Å²) in [5.74, 6) is 13.1. The first-order valence-corrected chi connectivity index (χ1v) is 22.3. The van der Waals surface area contributed by atoms with Crippen molar-refractivity contribution >= 4 is 40.8 Å². The van der Waals surface area contributed by atoms with Crippen LogP contribution in [0, 0.1) is 62.2 Å². The SMILES string of the molecule is CC#Cc1cc(C)c(C2=C(OC)CC3(C=CN(C(=O)OC(C)(C)C)CC3)CC2=O)c(C)c1.CC#Cc1cc(C)c(C2=C(OC)CC3(CCN(C(=O)OC(C)(C)C)C(=O)C3)CC2=O)c(C)c1. The van der Waals surface area contributed by atoms with E-state index in [2.05, 4.69) is 23.7 Å². The Morgan fingerprint density at radius 3 is 1.49 bits per heavy atom. The number of nitrogens with zero attached hydrogens (tertiary/aromatic N) is 2. The molecule has 2 heterocycles. The molecule has 0 bridgehead atoms. The molecule has 2 atom stereocenters. The highest BCUT2D eigenvalue weighted by Gasteiger charge is 2.48. The van der Waals surface area contributed by atoms with Gasteiger partial charge >= 0.3 is 12.2 Å². The highest BCUT2D eigenvalue weighted by atomic mass is 16.6. The molecule has 346 valence electrons. The highest BCUT2D eigenvalue weighted by Crippen LogP contribution is 2.50. The average Bonchev–Trinajstić information content (AvgIpc) is 3.18. The van der Waals surface area contributed by atoms with Gasteiger partial charge in [-0.3, -0.25) is 19.3 Å². The minimum absolute atomic E-state index is 0.0304. The van der Waals surface area contributed by atoms with Gasteiger partial charge in [0.1, 0.15) is 22.7 Å². The monoisotopic (exact) mass is 886 g/mol. The molecule has 0 N–H and O–H groups in total. The molecular weight excluding hydrogens is 821 g/mol. The number of rotatable bonds is 4. The van der Waals surface area contributed by atoms with Crippen molar-refractivity contribution in [3.63, 3.8) is 0 Å².